The smallest absolute Gasteiger partial charge is 0.191 e. The lowest BCUT2D eigenvalue weighted by Crippen LogP contribution is -2.38. The molecule has 0 aliphatic carbocycles. The highest BCUT2D eigenvalue weighted by molar-refractivity contribution is 5.79. The number of ether oxygens (including phenoxy) is 2. The van der Waals surface area contributed by atoms with Crippen LogP contribution < -0.4 is 10.6 Å². The summed E-state index contributed by atoms with van der Waals surface area (Å²) in [5, 5.41) is 6.66. The molecule has 0 amide bonds. The van der Waals surface area contributed by atoms with Crippen molar-refractivity contribution < 1.29 is 9.47 Å². The molecule has 0 bridgehead atoms. The Kier molecular flexibility index (Phi) is 8.33. The van der Waals surface area contributed by atoms with Gasteiger partial charge in [0.05, 0.1) is 19.8 Å². The van der Waals surface area contributed by atoms with Gasteiger partial charge in [-0.3, -0.25) is 4.99 Å². The molecule has 2 aromatic rings. The van der Waals surface area contributed by atoms with Gasteiger partial charge in [-0.15, -0.1) is 0 Å². The van der Waals surface area contributed by atoms with Gasteiger partial charge in [0.15, 0.2) is 5.96 Å². The maximum atomic E-state index is 5.73. The van der Waals surface area contributed by atoms with Crippen molar-refractivity contribution in [1.29, 1.82) is 0 Å². The van der Waals surface area contributed by atoms with Crippen LogP contribution in [0.1, 0.15) is 24.2 Å². The summed E-state index contributed by atoms with van der Waals surface area (Å²) in [4.78, 5) is 8.75. The predicted octanol–water partition coefficient (Wildman–Crippen LogP) is 2.04. The Labute approximate surface area is 167 Å². The van der Waals surface area contributed by atoms with Gasteiger partial charge in [-0.1, -0.05) is 30.3 Å². The minimum Gasteiger partial charge on any atom is -0.381 e. The average molecular weight is 386 g/mol. The molecule has 2 N–H and O–H groups in total. The molecule has 7 heteroatoms. The standard InChI is InChI=1S/C21H31N5O2/c1-22-21(24-9-5-12-27-16-19-8-13-28-17-19)25-14-20-23-10-11-26(20)15-18-6-3-2-4-7-18/h2-4,6-7,10-11,19H,5,8-9,12-17H2,1H3,(H2,22,24,25). The van der Waals surface area contributed by atoms with Gasteiger partial charge < -0.3 is 24.7 Å². The Morgan fingerprint density at radius 1 is 1.32 bits per heavy atom. The normalized spacial score (nSPS) is 17.0. The summed E-state index contributed by atoms with van der Waals surface area (Å²) in [5.74, 6) is 2.33. The summed E-state index contributed by atoms with van der Waals surface area (Å²) < 4.78 is 13.2. The third-order valence-electron chi connectivity index (χ3n) is 4.77. The number of hydrogen-bond acceptors (Lipinski definition) is 4. The molecule has 0 saturated carbocycles. The van der Waals surface area contributed by atoms with E-state index in [2.05, 4.69) is 49.4 Å². The predicted molar refractivity (Wildman–Crippen MR) is 110 cm³/mol. The minimum atomic E-state index is 0.571. The van der Waals surface area contributed by atoms with E-state index in [4.69, 9.17) is 9.47 Å². The van der Waals surface area contributed by atoms with Crippen LogP contribution in [0.5, 0.6) is 0 Å². The van der Waals surface area contributed by atoms with Gasteiger partial charge in [0.2, 0.25) is 0 Å². The fourth-order valence-electron chi connectivity index (χ4n) is 3.16. The second-order valence-electron chi connectivity index (χ2n) is 6.97. The highest BCUT2D eigenvalue weighted by Gasteiger charge is 2.15. The molecule has 1 aromatic heterocycles. The third-order valence-corrected chi connectivity index (χ3v) is 4.77. The summed E-state index contributed by atoms with van der Waals surface area (Å²) in [5.41, 5.74) is 1.26. The number of guanidine groups is 1. The zero-order chi connectivity index (χ0) is 19.4. The molecule has 0 radical (unpaired) electrons. The van der Waals surface area contributed by atoms with Crippen molar-refractivity contribution in [3.8, 4) is 0 Å². The molecule has 1 aliphatic rings. The van der Waals surface area contributed by atoms with Crippen LogP contribution in [-0.2, 0) is 22.6 Å². The molecule has 1 fully saturated rings. The van der Waals surface area contributed by atoms with Crippen molar-refractivity contribution >= 4 is 5.96 Å². The first-order valence-electron chi connectivity index (χ1n) is 9.99. The van der Waals surface area contributed by atoms with Gasteiger partial charge in [0, 0.05) is 51.7 Å². The number of hydrogen-bond donors (Lipinski definition) is 2. The van der Waals surface area contributed by atoms with Crippen molar-refractivity contribution in [1.82, 2.24) is 20.2 Å². The van der Waals surface area contributed by atoms with Gasteiger partial charge in [-0.05, 0) is 18.4 Å². The van der Waals surface area contributed by atoms with E-state index >= 15 is 0 Å². The van der Waals surface area contributed by atoms with Gasteiger partial charge in [0.25, 0.3) is 0 Å². The first-order valence-corrected chi connectivity index (χ1v) is 9.99. The molecule has 28 heavy (non-hydrogen) atoms. The first-order chi connectivity index (χ1) is 13.8. The Morgan fingerprint density at radius 2 is 2.21 bits per heavy atom. The Balaban J connectivity index is 1.33. The van der Waals surface area contributed by atoms with Crippen LogP contribution in [0.15, 0.2) is 47.7 Å². The van der Waals surface area contributed by atoms with Crippen LogP contribution in [0.25, 0.3) is 0 Å². The monoisotopic (exact) mass is 385 g/mol. The summed E-state index contributed by atoms with van der Waals surface area (Å²) in [6.45, 7) is 5.53. The largest absolute Gasteiger partial charge is 0.381 e. The molecular weight excluding hydrogens is 354 g/mol. The van der Waals surface area contributed by atoms with Crippen molar-refractivity contribution in [2.75, 3.05) is 40.0 Å². The van der Waals surface area contributed by atoms with Crippen LogP contribution in [0, 0.1) is 5.92 Å². The number of imidazole rings is 1. The molecule has 1 aromatic carbocycles. The van der Waals surface area contributed by atoms with Gasteiger partial charge in [0.1, 0.15) is 5.82 Å². The van der Waals surface area contributed by atoms with E-state index in [0.717, 1.165) is 64.1 Å². The fourth-order valence-corrected chi connectivity index (χ4v) is 3.16. The topological polar surface area (TPSA) is 72.7 Å². The fraction of sp³-hybridized carbons (Fsp3) is 0.524. The molecular formula is C21H31N5O2. The van der Waals surface area contributed by atoms with Crippen LogP contribution in [0.4, 0.5) is 0 Å². The lowest BCUT2D eigenvalue weighted by atomic mass is 10.1. The van der Waals surface area contributed by atoms with Gasteiger partial charge in [-0.2, -0.15) is 0 Å². The zero-order valence-electron chi connectivity index (χ0n) is 16.6. The maximum absolute atomic E-state index is 5.73. The van der Waals surface area contributed by atoms with E-state index < -0.39 is 0 Å². The number of aliphatic imine (C=N–C) groups is 1. The zero-order valence-corrected chi connectivity index (χ0v) is 16.6. The highest BCUT2D eigenvalue weighted by atomic mass is 16.5. The number of aromatic nitrogens is 2. The van der Waals surface area contributed by atoms with Crippen molar-refractivity contribution in [3.05, 3.63) is 54.1 Å². The lowest BCUT2D eigenvalue weighted by molar-refractivity contribution is 0.0888. The molecule has 1 atom stereocenters. The molecule has 152 valence electrons. The lowest BCUT2D eigenvalue weighted by Gasteiger charge is -2.13. The number of benzene rings is 1. The van der Waals surface area contributed by atoms with Crippen LogP contribution in [-0.4, -0.2) is 55.5 Å². The van der Waals surface area contributed by atoms with Crippen molar-refractivity contribution in [3.63, 3.8) is 0 Å². The third kappa shape index (κ3) is 6.65. The average Bonchev–Trinajstić information content (AvgIpc) is 3.40. The maximum Gasteiger partial charge on any atom is 0.191 e. The molecule has 7 nitrogen and oxygen atoms in total. The van der Waals surface area contributed by atoms with E-state index in [1.807, 2.05) is 18.5 Å². The van der Waals surface area contributed by atoms with E-state index in [9.17, 15) is 0 Å². The molecule has 3 rings (SSSR count). The van der Waals surface area contributed by atoms with E-state index in [1.54, 1.807) is 7.05 Å². The molecule has 1 aliphatic heterocycles. The van der Waals surface area contributed by atoms with Crippen LogP contribution in [0.2, 0.25) is 0 Å². The quantitative estimate of drug-likeness (QED) is 0.372. The van der Waals surface area contributed by atoms with Gasteiger partial charge in [-0.25, -0.2) is 4.98 Å². The molecule has 2 heterocycles. The Bertz CT molecular complexity index is 711. The second-order valence-corrected chi connectivity index (χ2v) is 6.97. The Hall–Kier alpha value is -2.38. The first kappa shape index (κ1) is 20.4. The summed E-state index contributed by atoms with van der Waals surface area (Å²) >= 11 is 0. The highest BCUT2D eigenvalue weighted by Crippen LogP contribution is 2.12. The van der Waals surface area contributed by atoms with Crippen LogP contribution >= 0.6 is 0 Å². The molecule has 0 spiro atoms. The number of nitrogens with one attached hydrogen (secondary N) is 2. The van der Waals surface area contributed by atoms with Crippen molar-refractivity contribution in [2.24, 2.45) is 10.9 Å². The van der Waals surface area contributed by atoms with E-state index in [-0.39, 0.29) is 0 Å². The number of rotatable bonds is 10. The second kappa shape index (κ2) is 11.5. The summed E-state index contributed by atoms with van der Waals surface area (Å²) in [6.07, 6.45) is 5.90. The SMILES string of the molecule is CN=C(NCCCOCC1CCOC1)NCc1nccn1Cc1ccccc1. The van der Waals surface area contributed by atoms with Gasteiger partial charge >= 0.3 is 0 Å². The van der Waals surface area contributed by atoms with E-state index in [1.165, 1.54) is 5.56 Å². The number of nitrogens with zero attached hydrogens (tertiary/aromatic N) is 3. The molecule has 1 unspecified atom stereocenters. The Morgan fingerprint density at radius 3 is 3.00 bits per heavy atom. The summed E-state index contributed by atoms with van der Waals surface area (Å²) in [7, 11) is 1.78. The summed E-state index contributed by atoms with van der Waals surface area (Å²) in [6, 6.07) is 10.4. The van der Waals surface area contributed by atoms with Crippen LogP contribution in [0.3, 0.4) is 0 Å². The van der Waals surface area contributed by atoms with E-state index in [0.29, 0.717) is 12.5 Å². The van der Waals surface area contributed by atoms with Crippen molar-refractivity contribution in [2.45, 2.75) is 25.9 Å². The minimum absolute atomic E-state index is 0.571. The molecule has 1 saturated heterocycles.